The highest BCUT2D eigenvalue weighted by Gasteiger charge is 2.22. The van der Waals surface area contributed by atoms with Gasteiger partial charge < -0.3 is 5.73 Å². The fourth-order valence-corrected chi connectivity index (χ4v) is 3.52. The minimum absolute atomic E-state index is 0.00534. The number of nitrogen functional groups attached to an aromatic ring is 1. The summed E-state index contributed by atoms with van der Waals surface area (Å²) >= 11 is 1.26. The van der Waals surface area contributed by atoms with Crippen LogP contribution in [0.2, 0.25) is 0 Å². The molecule has 9 heteroatoms. The lowest BCUT2D eigenvalue weighted by Gasteiger charge is -2.02. The Hall–Kier alpha value is -1.61. The van der Waals surface area contributed by atoms with Crippen LogP contribution < -0.4 is 10.5 Å². The molecule has 0 fully saturated rings. The molecule has 104 valence electrons. The van der Waals surface area contributed by atoms with Gasteiger partial charge in [0.2, 0.25) is 0 Å². The van der Waals surface area contributed by atoms with Gasteiger partial charge in [-0.2, -0.15) is 5.10 Å². The largest absolute Gasteiger partial charge is 0.381 e. The van der Waals surface area contributed by atoms with Gasteiger partial charge in [-0.25, -0.2) is 13.4 Å². The van der Waals surface area contributed by atoms with E-state index >= 15 is 0 Å². The number of nitrogens with zero attached hydrogens (tertiary/aromatic N) is 3. The van der Waals surface area contributed by atoms with Crippen molar-refractivity contribution in [2.75, 3.05) is 10.5 Å². The Morgan fingerprint density at radius 3 is 2.84 bits per heavy atom. The van der Waals surface area contributed by atoms with Crippen LogP contribution in [0.3, 0.4) is 0 Å². The smallest absolute Gasteiger partial charge is 0.268 e. The van der Waals surface area contributed by atoms with Crippen LogP contribution in [0.4, 0.5) is 10.9 Å². The third-order valence-electron chi connectivity index (χ3n) is 2.34. The van der Waals surface area contributed by atoms with Crippen molar-refractivity contribution >= 4 is 32.3 Å². The number of rotatable bonds is 5. The lowest BCUT2D eigenvalue weighted by atomic mass is 10.5. The van der Waals surface area contributed by atoms with E-state index in [-0.39, 0.29) is 10.7 Å². The minimum Gasteiger partial charge on any atom is -0.381 e. The number of hydrogen-bond donors (Lipinski definition) is 2. The zero-order chi connectivity index (χ0) is 14.0. The predicted octanol–water partition coefficient (Wildman–Crippen LogP) is 1.44. The molecule has 0 radical (unpaired) electrons. The second kappa shape index (κ2) is 5.17. The van der Waals surface area contributed by atoms with Crippen molar-refractivity contribution in [2.24, 2.45) is 0 Å². The number of nitrogens with one attached hydrogen (secondary N) is 1. The summed E-state index contributed by atoms with van der Waals surface area (Å²) in [4.78, 5) is 4.86. The molecule has 0 aliphatic heterocycles. The maximum Gasteiger partial charge on any atom is 0.268 e. The highest BCUT2D eigenvalue weighted by Crippen LogP contribution is 2.23. The summed E-state index contributed by atoms with van der Waals surface area (Å²) in [5, 5.41) is 4.29. The van der Waals surface area contributed by atoms with Gasteiger partial charge in [-0.3, -0.25) is 9.40 Å². The predicted molar refractivity (Wildman–Crippen MR) is 74.6 cm³/mol. The van der Waals surface area contributed by atoms with E-state index in [1.165, 1.54) is 22.2 Å². The zero-order valence-electron chi connectivity index (χ0n) is 10.6. The van der Waals surface area contributed by atoms with Gasteiger partial charge in [-0.05, 0) is 13.3 Å². The average Bonchev–Trinajstić information content (AvgIpc) is 2.86. The Morgan fingerprint density at radius 1 is 1.53 bits per heavy atom. The standard InChI is InChI=1S/C10H15N5O2S2/c1-3-4-15-6-8(9(11)13-15)19(16,17)14-10-12-5-7(2)18-10/h5-6H,3-4H2,1-2H3,(H2,11,13)(H,12,14). The third-order valence-corrected chi connectivity index (χ3v) is 4.65. The summed E-state index contributed by atoms with van der Waals surface area (Å²) in [5.74, 6) is -0.00534. The summed E-state index contributed by atoms with van der Waals surface area (Å²) in [6.45, 7) is 4.45. The first-order valence-corrected chi connectivity index (χ1v) is 8.00. The second-order valence-corrected chi connectivity index (χ2v) is 6.91. The number of hydrogen-bond acceptors (Lipinski definition) is 6. The molecule has 0 saturated heterocycles. The van der Waals surface area contributed by atoms with Crippen molar-refractivity contribution in [3.05, 3.63) is 17.3 Å². The SMILES string of the molecule is CCCn1cc(S(=O)(=O)Nc2ncc(C)s2)c(N)n1. The van der Waals surface area contributed by atoms with Crippen molar-refractivity contribution in [1.82, 2.24) is 14.8 Å². The van der Waals surface area contributed by atoms with Gasteiger partial charge in [0.25, 0.3) is 10.0 Å². The Labute approximate surface area is 115 Å². The molecule has 0 unspecified atom stereocenters. The van der Waals surface area contributed by atoms with Crippen LogP contribution in [0.15, 0.2) is 17.3 Å². The molecule has 19 heavy (non-hydrogen) atoms. The van der Waals surface area contributed by atoms with Crippen LogP contribution in [-0.2, 0) is 16.6 Å². The van der Waals surface area contributed by atoms with E-state index in [4.69, 9.17) is 5.73 Å². The molecule has 0 atom stereocenters. The maximum atomic E-state index is 12.2. The lowest BCUT2D eigenvalue weighted by molar-refractivity contribution is 0.595. The van der Waals surface area contributed by atoms with Gasteiger partial charge in [0.15, 0.2) is 10.9 Å². The Kier molecular flexibility index (Phi) is 3.76. The van der Waals surface area contributed by atoms with Crippen LogP contribution in [0.5, 0.6) is 0 Å². The molecule has 2 rings (SSSR count). The molecule has 0 saturated carbocycles. The highest BCUT2D eigenvalue weighted by atomic mass is 32.2. The molecule has 0 spiro atoms. The summed E-state index contributed by atoms with van der Waals surface area (Å²) < 4.78 is 28.3. The monoisotopic (exact) mass is 301 g/mol. The number of nitrogens with two attached hydrogens (primary N) is 1. The Bertz CT molecular complexity index is 674. The number of anilines is 2. The van der Waals surface area contributed by atoms with Gasteiger partial charge in [0.1, 0.15) is 4.90 Å². The fraction of sp³-hybridized carbons (Fsp3) is 0.400. The number of aryl methyl sites for hydroxylation is 2. The molecule has 7 nitrogen and oxygen atoms in total. The van der Waals surface area contributed by atoms with Crippen LogP contribution >= 0.6 is 11.3 Å². The van der Waals surface area contributed by atoms with Crippen molar-refractivity contribution in [1.29, 1.82) is 0 Å². The van der Waals surface area contributed by atoms with E-state index < -0.39 is 10.0 Å². The maximum absolute atomic E-state index is 12.2. The Morgan fingerprint density at radius 2 is 2.26 bits per heavy atom. The van der Waals surface area contributed by atoms with Gasteiger partial charge in [-0.15, -0.1) is 11.3 Å². The van der Waals surface area contributed by atoms with Crippen molar-refractivity contribution < 1.29 is 8.42 Å². The molecule has 0 aliphatic carbocycles. The summed E-state index contributed by atoms with van der Waals surface area (Å²) in [6, 6.07) is 0. The molecule has 0 bridgehead atoms. The van der Waals surface area contributed by atoms with Gasteiger partial charge in [0.05, 0.1) is 0 Å². The first-order valence-electron chi connectivity index (χ1n) is 5.70. The van der Waals surface area contributed by atoms with Crippen LogP contribution in [0.25, 0.3) is 0 Å². The quantitative estimate of drug-likeness (QED) is 0.870. The second-order valence-electron chi connectivity index (χ2n) is 4.02. The molecule has 0 amide bonds. The van der Waals surface area contributed by atoms with E-state index in [0.717, 1.165) is 11.3 Å². The Balaban J connectivity index is 2.28. The minimum atomic E-state index is -3.74. The van der Waals surface area contributed by atoms with Crippen LogP contribution in [0.1, 0.15) is 18.2 Å². The summed E-state index contributed by atoms with van der Waals surface area (Å²) in [7, 11) is -3.74. The van der Waals surface area contributed by atoms with Crippen LogP contribution in [0, 0.1) is 6.92 Å². The summed E-state index contributed by atoms with van der Waals surface area (Å²) in [5.41, 5.74) is 5.65. The molecular formula is C10H15N5O2S2. The van der Waals surface area contributed by atoms with Crippen molar-refractivity contribution in [3.63, 3.8) is 0 Å². The topological polar surface area (TPSA) is 103 Å². The molecule has 2 aromatic heterocycles. The fourth-order valence-electron chi connectivity index (χ4n) is 1.54. The highest BCUT2D eigenvalue weighted by molar-refractivity contribution is 7.93. The van der Waals surface area contributed by atoms with E-state index in [1.807, 2.05) is 13.8 Å². The average molecular weight is 301 g/mol. The van der Waals surface area contributed by atoms with Crippen molar-refractivity contribution in [3.8, 4) is 0 Å². The molecular weight excluding hydrogens is 286 g/mol. The molecule has 3 N–H and O–H groups in total. The number of aromatic nitrogens is 3. The van der Waals surface area contributed by atoms with Gasteiger partial charge in [-0.1, -0.05) is 6.92 Å². The van der Waals surface area contributed by atoms with E-state index in [2.05, 4.69) is 14.8 Å². The lowest BCUT2D eigenvalue weighted by Crippen LogP contribution is -2.13. The number of thiazole rings is 1. The van der Waals surface area contributed by atoms with E-state index in [1.54, 1.807) is 6.20 Å². The molecule has 2 heterocycles. The summed E-state index contributed by atoms with van der Waals surface area (Å²) in [6.07, 6.45) is 3.88. The zero-order valence-corrected chi connectivity index (χ0v) is 12.3. The van der Waals surface area contributed by atoms with Gasteiger partial charge in [0, 0.05) is 23.8 Å². The van der Waals surface area contributed by atoms with E-state index in [9.17, 15) is 8.42 Å². The first-order chi connectivity index (χ1) is 8.92. The number of sulfonamides is 1. The first kappa shape index (κ1) is 13.8. The molecule has 0 aliphatic rings. The molecule has 0 aromatic carbocycles. The van der Waals surface area contributed by atoms with Gasteiger partial charge >= 0.3 is 0 Å². The normalized spacial score (nSPS) is 11.7. The van der Waals surface area contributed by atoms with Crippen LogP contribution in [-0.4, -0.2) is 23.2 Å². The van der Waals surface area contributed by atoms with E-state index in [0.29, 0.717) is 11.7 Å². The molecule has 2 aromatic rings. The third kappa shape index (κ3) is 3.04. The van der Waals surface area contributed by atoms with Crippen molar-refractivity contribution in [2.45, 2.75) is 31.7 Å².